The molecule has 0 fully saturated rings. The summed E-state index contributed by atoms with van der Waals surface area (Å²) in [6, 6.07) is 16.1. The maximum Gasteiger partial charge on any atom is 0.181 e. The Morgan fingerprint density at radius 1 is 1.00 bits per heavy atom. The Morgan fingerprint density at radius 2 is 1.52 bits per heavy atom. The topological polar surface area (TPSA) is 42.2 Å². The first-order valence-corrected chi connectivity index (χ1v) is 7.92. The number of hydrogen-bond acceptors (Lipinski definition) is 2. The summed E-state index contributed by atoms with van der Waals surface area (Å²) >= 11 is 0. The number of ketones is 1. The number of carbonyl (C=O) groups is 1. The van der Waals surface area contributed by atoms with Crippen LogP contribution >= 0.6 is 0 Å². The van der Waals surface area contributed by atoms with Crippen molar-refractivity contribution in [2.24, 2.45) is 5.41 Å². The molecule has 0 radical (unpaired) electrons. The lowest BCUT2D eigenvalue weighted by molar-refractivity contribution is -0.119. The number of benzene rings is 2. The second kappa shape index (κ2) is 4.72. The average molecular weight is 305 g/mol. The number of carbonyl (C=O) groups excluding carboxylic acids is 1. The Morgan fingerprint density at radius 3 is 2.09 bits per heavy atom. The Balaban J connectivity index is 2.03. The van der Waals surface area contributed by atoms with E-state index in [1.165, 1.54) is 6.08 Å². The van der Waals surface area contributed by atoms with E-state index in [-0.39, 0.29) is 17.6 Å². The summed E-state index contributed by atoms with van der Waals surface area (Å²) in [7, 11) is 0. The standard InChI is InChI=1S/C20H19NO2/c1-20(2)12-17(18(22)11-19(20)23)21-15-9-5-3-7-13(15)14-8-4-6-10-16(14)21/h3-11,17,23H,12H2,1-2H3. The number of para-hydroxylation sites is 2. The van der Waals surface area contributed by atoms with Gasteiger partial charge in [0.05, 0.1) is 6.04 Å². The van der Waals surface area contributed by atoms with E-state index >= 15 is 0 Å². The monoisotopic (exact) mass is 305 g/mol. The molecule has 116 valence electrons. The minimum atomic E-state index is -0.398. The van der Waals surface area contributed by atoms with E-state index in [0.717, 1.165) is 21.8 Å². The number of aromatic nitrogens is 1. The van der Waals surface area contributed by atoms with E-state index in [1.54, 1.807) is 0 Å². The van der Waals surface area contributed by atoms with E-state index in [1.807, 2.05) is 38.1 Å². The van der Waals surface area contributed by atoms with Gasteiger partial charge in [-0.2, -0.15) is 0 Å². The third-order valence-electron chi connectivity index (χ3n) is 4.93. The zero-order valence-corrected chi connectivity index (χ0v) is 13.3. The summed E-state index contributed by atoms with van der Waals surface area (Å²) in [6.45, 7) is 3.96. The third-order valence-corrected chi connectivity index (χ3v) is 4.93. The van der Waals surface area contributed by atoms with Crippen molar-refractivity contribution in [3.05, 3.63) is 60.4 Å². The van der Waals surface area contributed by atoms with E-state index in [0.29, 0.717) is 6.42 Å². The molecule has 0 amide bonds. The van der Waals surface area contributed by atoms with Crippen molar-refractivity contribution in [3.63, 3.8) is 0 Å². The molecular weight excluding hydrogens is 286 g/mol. The zero-order valence-electron chi connectivity index (χ0n) is 13.3. The first-order valence-electron chi connectivity index (χ1n) is 7.92. The molecule has 3 aromatic rings. The van der Waals surface area contributed by atoms with Crippen LogP contribution in [-0.2, 0) is 4.79 Å². The minimum Gasteiger partial charge on any atom is -0.512 e. The molecule has 0 saturated heterocycles. The Kier molecular flexibility index (Phi) is 2.89. The lowest BCUT2D eigenvalue weighted by Gasteiger charge is -2.33. The first kappa shape index (κ1) is 14.1. The number of hydrogen-bond donors (Lipinski definition) is 1. The van der Waals surface area contributed by atoms with Crippen molar-refractivity contribution in [2.45, 2.75) is 26.3 Å². The molecule has 0 saturated carbocycles. The Bertz CT molecular complexity index is 909. The van der Waals surface area contributed by atoms with Gasteiger partial charge in [0.2, 0.25) is 0 Å². The van der Waals surface area contributed by atoms with Crippen molar-refractivity contribution in [1.82, 2.24) is 4.57 Å². The van der Waals surface area contributed by atoms with Gasteiger partial charge in [-0.15, -0.1) is 0 Å². The number of aliphatic hydroxyl groups is 1. The lowest BCUT2D eigenvalue weighted by Crippen LogP contribution is -2.31. The molecule has 1 unspecified atom stereocenters. The van der Waals surface area contributed by atoms with E-state index < -0.39 is 5.41 Å². The van der Waals surface area contributed by atoms with Crippen LogP contribution in [-0.4, -0.2) is 15.5 Å². The molecule has 0 aliphatic heterocycles. The molecule has 4 rings (SSSR count). The van der Waals surface area contributed by atoms with Crippen molar-refractivity contribution < 1.29 is 9.90 Å². The molecule has 3 nitrogen and oxygen atoms in total. The third kappa shape index (κ3) is 2.00. The van der Waals surface area contributed by atoms with Gasteiger partial charge < -0.3 is 9.67 Å². The molecule has 1 aliphatic rings. The van der Waals surface area contributed by atoms with Crippen LogP contribution < -0.4 is 0 Å². The van der Waals surface area contributed by atoms with Gasteiger partial charge in [-0.25, -0.2) is 0 Å². The molecule has 1 aromatic heterocycles. The molecule has 1 aliphatic carbocycles. The SMILES string of the molecule is CC1(C)CC(n2c3ccccc3c3ccccc32)C(=O)C=C1O. The zero-order chi connectivity index (χ0) is 16.2. The molecule has 0 spiro atoms. The van der Waals surface area contributed by atoms with Crippen molar-refractivity contribution >= 4 is 27.6 Å². The highest BCUT2D eigenvalue weighted by molar-refractivity contribution is 6.09. The normalized spacial score (nSPS) is 20.9. The summed E-state index contributed by atoms with van der Waals surface area (Å²) in [5.41, 5.74) is 1.74. The summed E-state index contributed by atoms with van der Waals surface area (Å²) in [4.78, 5) is 12.6. The van der Waals surface area contributed by atoms with Crippen LogP contribution in [0, 0.1) is 5.41 Å². The molecule has 1 heterocycles. The number of aliphatic hydroxyl groups excluding tert-OH is 1. The van der Waals surface area contributed by atoms with Crippen LogP contribution in [0.25, 0.3) is 21.8 Å². The van der Waals surface area contributed by atoms with E-state index in [4.69, 9.17) is 0 Å². The highest BCUT2D eigenvalue weighted by atomic mass is 16.3. The first-order chi connectivity index (χ1) is 11.0. The van der Waals surface area contributed by atoms with Crippen molar-refractivity contribution in [2.75, 3.05) is 0 Å². The Hall–Kier alpha value is -2.55. The van der Waals surface area contributed by atoms with Gasteiger partial charge in [-0.3, -0.25) is 4.79 Å². The summed E-state index contributed by atoms with van der Waals surface area (Å²) in [6.07, 6.45) is 1.99. The summed E-state index contributed by atoms with van der Waals surface area (Å²) < 4.78 is 2.14. The van der Waals surface area contributed by atoms with Crippen LogP contribution in [0.4, 0.5) is 0 Å². The number of fused-ring (bicyclic) bond motifs is 3. The van der Waals surface area contributed by atoms with Gasteiger partial charge >= 0.3 is 0 Å². The van der Waals surface area contributed by atoms with Gasteiger partial charge in [0, 0.05) is 33.3 Å². The van der Waals surface area contributed by atoms with Crippen molar-refractivity contribution in [3.8, 4) is 0 Å². The van der Waals surface area contributed by atoms with Gasteiger partial charge in [-0.1, -0.05) is 50.2 Å². The number of allylic oxidation sites excluding steroid dienone is 2. The molecule has 0 bridgehead atoms. The summed E-state index contributed by atoms with van der Waals surface area (Å²) in [5, 5.41) is 12.4. The Labute approximate surface area is 134 Å². The second-order valence-electron chi connectivity index (χ2n) is 6.94. The maximum atomic E-state index is 12.6. The van der Waals surface area contributed by atoms with Crippen LogP contribution in [0.15, 0.2) is 60.4 Å². The molecule has 1 N–H and O–H groups in total. The fourth-order valence-corrected chi connectivity index (χ4v) is 3.62. The lowest BCUT2D eigenvalue weighted by atomic mass is 9.78. The predicted octanol–water partition coefficient (Wildman–Crippen LogP) is 4.78. The van der Waals surface area contributed by atoms with Crippen LogP contribution in [0.2, 0.25) is 0 Å². The highest BCUT2D eigenvalue weighted by Crippen LogP contribution is 2.42. The smallest absolute Gasteiger partial charge is 0.181 e. The number of nitrogens with zero attached hydrogens (tertiary/aromatic N) is 1. The van der Waals surface area contributed by atoms with Crippen molar-refractivity contribution in [1.29, 1.82) is 0 Å². The van der Waals surface area contributed by atoms with Gasteiger partial charge in [0.25, 0.3) is 0 Å². The molecular formula is C20H19NO2. The molecule has 1 atom stereocenters. The van der Waals surface area contributed by atoms with Crippen LogP contribution in [0.3, 0.4) is 0 Å². The fourth-order valence-electron chi connectivity index (χ4n) is 3.62. The largest absolute Gasteiger partial charge is 0.512 e. The average Bonchev–Trinajstić information content (AvgIpc) is 2.86. The quantitative estimate of drug-likeness (QED) is 0.703. The van der Waals surface area contributed by atoms with E-state index in [2.05, 4.69) is 28.8 Å². The minimum absolute atomic E-state index is 0.0340. The predicted molar refractivity (Wildman–Crippen MR) is 92.6 cm³/mol. The second-order valence-corrected chi connectivity index (χ2v) is 6.94. The number of rotatable bonds is 1. The highest BCUT2D eigenvalue weighted by Gasteiger charge is 2.37. The van der Waals surface area contributed by atoms with Crippen LogP contribution in [0.1, 0.15) is 26.3 Å². The summed E-state index contributed by atoms with van der Waals surface area (Å²) in [5.74, 6) is 0.146. The van der Waals surface area contributed by atoms with Gasteiger partial charge in [0.15, 0.2) is 5.78 Å². The molecule has 3 heteroatoms. The van der Waals surface area contributed by atoms with Crippen LogP contribution in [0.5, 0.6) is 0 Å². The van der Waals surface area contributed by atoms with E-state index in [9.17, 15) is 9.90 Å². The molecule has 23 heavy (non-hydrogen) atoms. The fraction of sp³-hybridized carbons (Fsp3) is 0.250. The van der Waals surface area contributed by atoms with Gasteiger partial charge in [-0.05, 0) is 18.6 Å². The maximum absolute atomic E-state index is 12.6. The molecule has 2 aromatic carbocycles. The van der Waals surface area contributed by atoms with Gasteiger partial charge in [0.1, 0.15) is 5.76 Å².